The number of ether oxygens (including phenoxy) is 1. The maximum Gasteiger partial charge on any atom is 0.573 e. The molecule has 0 atom stereocenters. The van der Waals surface area contributed by atoms with Crippen LogP contribution in [0.15, 0.2) is 71.6 Å². The van der Waals surface area contributed by atoms with Gasteiger partial charge in [-0.05, 0) is 93.8 Å². The van der Waals surface area contributed by atoms with E-state index < -0.39 is 17.5 Å². The molecule has 2 aliphatic rings. The summed E-state index contributed by atoms with van der Waals surface area (Å²) < 4.78 is 44.6. The third kappa shape index (κ3) is 5.13. The Labute approximate surface area is 222 Å². The van der Waals surface area contributed by atoms with Crippen LogP contribution in [-0.2, 0) is 10.2 Å². The zero-order valence-electron chi connectivity index (χ0n) is 20.9. The number of carbonyl (C=O) groups is 2. The highest BCUT2D eigenvalue weighted by molar-refractivity contribution is 8.18. The van der Waals surface area contributed by atoms with Crippen molar-refractivity contribution in [2.75, 3.05) is 0 Å². The first-order chi connectivity index (χ1) is 17.9. The monoisotopic (exact) mass is 535 g/mol. The zero-order chi connectivity index (χ0) is 27.2. The minimum Gasteiger partial charge on any atom is -0.405 e. The molecule has 5 rings (SSSR count). The number of aryl methyl sites for hydroxylation is 1. The molecule has 1 aliphatic heterocycles. The van der Waals surface area contributed by atoms with Gasteiger partial charge in [0.2, 0.25) is 0 Å². The van der Waals surface area contributed by atoms with Gasteiger partial charge in [0.05, 0.1) is 4.91 Å². The minimum absolute atomic E-state index is 0.159. The Kier molecular flexibility index (Phi) is 6.47. The van der Waals surface area contributed by atoms with Gasteiger partial charge in [-0.15, -0.1) is 13.2 Å². The Morgan fingerprint density at radius 3 is 2.37 bits per heavy atom. The first-order valence-corrected chi connectivity index (χ1v) is 12.8. The van der Waals surface area contributed by atoms with E-state index in [0.717, 1.165) is 46.0 Å². The van der Waals surface area contributed by atoms with Crippen LogP contribution >= 0.6 is 11.8 Å². The molecule has 2 amide bonds. The summed E-state index contributed by atoms with van der Waals surface area (Å²) in [4.78, 5) is 23.8. The van der Waals surface area contributed by atoms with Crippen molar-refractivity contribution >= 4 is 34.6 Å². The smallest absolute Gasteiger partial charge is 0.405 e. The van der Waals surface area contributed by atoms with Crippen molar-refractivity contribution in [2.24, 2.45) is 0 Å². The lowest BCUT2D eigenvalue weighted by Crippen LogP contribution is -2.22. The lowest BCUT2D eigenvalue weighted by Gasteiger charge is -2.33. The van der Waals surface area contributed by atoms with Gasteiger partial charge in [-0.25, -0.2) is 0 Å². The quantitative estimate of drug-likeness (QED) is 0.344. The van der Waals surface area contributed by atoms with E-state index in [0.29, 0.717) is 11.1 Å². The van der Waals surface area contributed by atoms with Crippen molar-refractivity contribution < 1.29 is 27.5 Å². The molecule has 0 radical (unpaired) electrons. The SMILES string of the molecule is Cc1cc2c(cc1-c1cc(/C=C3\SC(=O)NC3=O)ccc1OC(F)(F)F)C(c1ccccc1)=CCC2(C)C. The Morgan fingerprint density at radius 1 is 0.974 bits per heavy atom. The molecule has 1 fully saturated rings. The standard InChI is InChI=1S/C30H24F3NO3S/c1-17-13-24-22(20(11-12-29(24,2)3)19-7-5-4-6-8-19)16-21(17)23-14-18(9-10-25(23)37-30(31,32)33)15-26-27(35)34-28(36)38-26/h4-11,13-16H,12H2,1-3H3,(H,34,35,36)/b26-15-. The van der Waals surface area contributed by atoms with Crippen LogP contribution in [0.5, 0.6) is 5.75 Å². The van der Waals surface area contributed by atoms with Gasteiger partial charge in [0, 0.05) is 5.56 Å². The number of imide groups is 1. The fourth-order valence-electron chi connectivity index (χ4n) is 4.88. The third-order valence-corrected chi connectivity index (χ3v) is 7.56. The number of hydrogen-bond donors (Lipinski definition) is 1. The van der Waals surface area contributed by atoms with E-state index in [-0.39, 0.29) is 21.6 Å². The number of fused-ring (bicyclic) bond motifs is 1. The van der Waals surface area contributed by atoms with E-state index in [1.807, 2.05) is 49.4 Å². The van der Waals surface area contributed by atoms with Crippen LogP contribution in [0.2, 0.25) is 0 Å². The van der Waals surface area contributed by atoms with Gasteiger partial charge in [0.25, 0.3) is 11.1 Å². The Hall–Kier alpha value is -3.78. The summed E-state index contributed by atoms with van der Waals surface area (Å²) in [5.41, 5.74) is 6.05. The lowest BCUT2D eigenvalue weighted by atomic mass is 9.71. The van der Waals surface area contributed by atoms with Crippen LogP contribution in [-0.4, -0.2) is 17.5 Å². The summed E-state index contributed by atoms with van der Waals surface area (Å²) in [5, 5.41) is 1.69. The molecule has 3 aromatic rings. The van der Waals surface area contributed by atoms with Crippen molar-refractivity contribution in [3.05, 3.63) is 99.5 Å². The fourth-order valence-corrected chi connectivity index (χ4v) is 5.57. The van der Waals surface area contributed by atoms with Gasteiger partial charge in [-0.3, -0.25) is 14.9 Å². The zero-order valence-corrected chi connectivity index (χ0v) is 21.7. The highest BCUT2D eigenvalue weighted by Gasteiger charge is 2.34. The molecule has 8 heteroatoms. The molecule has 0 unspecified atom stereocenters. The molecule has 0 aromatic heterocycles. The third-order valence-electron chi connectivity index (χ3n) is 6.74. The molecule has 1 N–H and O–H groups in total. The second-order valence-electron chi connectivity index (χ2n) is 9.94. The van der Waals surface area contributed by atoms with E-state index in [1.54, 1.807) is 6.07 Å². The largest absolute Gasteiger partial charge is 0.573 e. The van der Waals surface area contributed by atoms with Crippen molar-refractivity contribution in [3.63, 3.8) is 0 Å². The number of hydrogen-bond acceptors (Lipinski definition) is 4. The molecule has 194 valence electrons. The van der Waals surface area contributed by atoms with E-state index in [9.17, 15) is 22.8 Å². The summed E-state index contributed by atoms with van der Waals surface area (Å²) in [6.07, 6.45) is -0.399. The van der Waals surface area contributed by atoms with Gasteiger partial charge >= 0.3 is 6.36 Å². The molecule has 0 spiro atoms. The highest BCUT2D eigenvalue weighted by Crippen LogP contribution is 2.46. The molecule has 1 aliphatic carbocycles. The number of carbonyl (C=O) groups excluding carboxylic acids is 2. The summed E-state index contributed by atoms with van der Waals surface area (Å²) in [6, 6.07) is 18.1. The summed E-state index contributed by atoms with van der Waals surface area (Å²) >= 11 is 0.747. The molecule has 38 heavy (non-hydrogen) atoms. The van der Waals surface area contributed by atoms with Crippen LogP contribution in [0.25, 0.3) is 22.8 Å². The van der Waals surface area contributed by atoms with Gasteiger partial charge in [0.15, 0.2) is 0 Å². The topological polar surface area (TPSA) is 55.4 Å². The van der Waals surface area contributed by atoms with E-state index >= 15 is 0 Å². The van der Waals surface area contributed by atoms with Gasteiger partial charge in [0.1, 0.15) is 5.75 Å². The Bertz CT molecular complexity index is 1520. The predicted molar refractivity (Wildman–Crippen MR) is 144 cm³/mol. The van der Waals surface area contributed by atoms with Crippen molar-refractivity contribution in [1.82, 2.24) is 5.32 Å². The van der Waals surface area contributed by atoms with Crippen molar-refractivity contribution in [3.8, 4) is 16.9 Å². The highest BCUT2D eigenvalue weighted by atomic mass is 32.2. The second-order valence-corrected chi connectivity index (χ2v) is 11.0. The molecular formula is C30H24F3NO3S. The maximum absolute atomic E-state index is 13.4. The van der Waals surface area contributed by atoms with Crippen LogP contribution in [0.4, 0.5) is 18.0 Å². The van der Waals surface area contributed by atoms with Gasteiger partial charge in [-0.2, -0.15) is 0 Å². The van der Waals surface area contributed by atoms with Crippen molar-refractivity contribution in [2.45, 2.75) is 39.0 Å². The molecule has 3 aromatic carbocycles. The molecule has 1 saturated heterocycles. The van der Waals surface area contributed by atoms with Crippen LogP contribution in [0.3, 0.4) is 0 Å². The molecular weight excluding hydrogens is 511 g/mol. The molecule has 1 heterocycles. The van der Waals surface area contributed by atoms with Crippen LogP contribution in [0.1, 0.15) is 48.1 Å². The maximum atomic E-state index is 13.4. The number of amides is 2. The lowest BCUT2D eigenvalue weighted by molar-refractivity contribution is -0.274. The van der Waals surface area contributed by atoms with E-state index in [4.69, 9.17) is 0 Å². The van der Waals surface area contributed by atoms with Gasteiger partial charge in [-0.1, -0.05) is 62.4 Å². The fraction of sp³-hybridized carbons (Fsp3) is 0.200. The predicted octanol–water partition coefficient (Wildman–Crippen LogP) is 8.00. The molecule has 4 nitrogen and oxygen atoms in total. The van der Waals surface area contributed by atoms with E-state index in [1.165, 1.54) is 18.2 Å². The first kappa shape index (κ1) is 25.9. The summed E-state index contributed by atoms with van der Waals surface area (Å²) in [7, 11) is 0. The Balaban J connectivity index is 1.70. The number of thioether (sulfide) groups is 1. The van der Waals surface area contributed by atoms with Crippen LogP contribution in [0, 0.1) is 6.92 Å². The number of benzene rings is 3. The summed E-state index contributed by atoms with van der Waals surface area (Å²) in [6.45, 7) is 6.17. The van der Waals surface area contributed by atoms with E-state index in [2.05, 4.69) is 30.0 Å². The van der Waals surface area contributed by atoms with Crippen molar-refractivity contribution in [1.29, 1.82) is 0 Å². The minimum atomic E-state index is -4.89. The average molecular weight is 536 g/mol. The number of allylic oxidation sites excluding steroid dienone is 1. The number of alkyl halides is 3. The summed E-state index contributed by atoms with van der Waals surface area (Å²) in [5.74, 6) is -0.885. The average Bonchev–Trinajstić information content (AvgIpc) is 3.16. The second kappa shape index (κ2) is 9.51. The molecule has 0 bridgehead atoms. The molecule has 0 saturated carbocycles. The normalized spacial score (nSPS) is 17.7. The number of halogens is 3. The first-order valence-electron chi connectivity index (χ1n) is 12.0. The van der Waals surface area contributed by atoms with Gasteiger partial charge < -0.3 is 4.74 Å². The number of nitrogens with one attached hydrogen (secondary N) is 1. The number of rotatable bonds is 4. The Morgan fingerprint density at radius 2 is 1.71 bits per heavy atom. The van der Waals surface area contributed by atoms with Crippen LogP contribution < -0.4 is 10.1 Å².